The second-order valence-corrected chi connectivity index (χ2v) is 23.9. The fourth-order valence-corrected chi connectivity index (χ4v) is 12.3. The molecule has 2 atom stereocenters. The maximum absolute atomic E-state index is 14.5. The molecule has 28 nitrogen and oxygen atoms in total. The minimum Gasteiger partial charge on any atom is -0.496 e. The van der Waals surface area contributed by atoms with E-state index < -0.39 is 30.0 Å². The number of methoxy groups -OCH3 is 1. The van der Waals surface area contributed by atoms with Crippen molar-refractivity contribution in [3.8, 4) is 44.6 Å². The Morgan fingerprint density at radius 1 is 0.800 bits per heavy atom. The normalized spacial score (nSPS) is 17.1. The zero-order valence-electron chi connectivity index (χ0n) is 51.0. The Morgan fingerprint density at radius 3 is 2.10 bits per heavy atom. The number of rotatable bonds is 30. The number of guanidine groups is 1. The van der Waals surface area contributed by atoms with Crippen LogP contribution >= 0.6 is 11.3 Å². The Balaban J connectivity index is 0.856. The van der Waals surface area contributed by atoms with Crippen LogP contribution in [0, 0.1) is 11.8 Å². The van der Waals surface area contributed by atoms with Crippen molar-refractivity contribution in [2.45, 2.75) is 77.0 Å². The molecule has 1 aromatic carbocycles. The van der Waals surface area contributed by atoms with Crippen molar-refractivity contribution in [3.63, 3.8) is 0 Å². The van der Waals surface area contributed by atoms with E-state index >= 15 is 0 Å². The molecule has 3 fully saturated rings. The number of benzene rings is 1. The lowest BCUT2D eigenvalue weighted by molar-refractivity contribution is -0.140. The van der Waals surface area contributed by atoms with Crippen molar-refractivity contribution in [1.29, 1.82) is 0 Å². The van der Waals surface area contributed by atoms with Crippen LogP contribution in [0.1, 0.15) is 80.3 Å². The van der Waals surface area contributed by atoms with Gasteiger partial charge in [0, 0.05) is 157 Å². The van der Waals surface area contributed by atoms with E-state index in [1.807, 2.05) is 45.3 Å². The summed E-state index contributed by atoms with van der Waals surface area (Å²) in [6, 6.07) is 9.50. The van der Waals surface area contributed by atoms with Crippen LogP contribution in [-0.2, 0) is 40.2 Å². The van der Waals surface area contributed by atoms with E-state index in [1.54, 1.807) is 44.0 Å². The van der Waals surface area contributed by atoms with Crippen LogP contribution in [0.25, 0.3) is 27.4 Å². The monoisotopic (exact) mass is 1270 g/mol. The molecule has 90 heavy (non-hydrogen) atoms. The Hall–Kier alpha value is -8.09. The fraction of sp³-hybridized carbons (Fsp3) is 0.557. The maximum Gasteiger partial charge on any atom is 0.317 e. The fourth-order valence-electron chi connectivity index (χ4n) is 11.6. The molecule has 488 valence electrons. The molecule has 3 aromatic heterocycles. The number of carbonyl (C=O) groups excluding carboxylic acids is 5. The molecule has 9 N–H and O–H groups in total. The number of aromatic nitrogens is 3. The van der Waals surface area contributed by atoms with Gasteiger partial charge in [-0.25, -0.2) is 4.68 Å². The number of aldehydes is 1. The molecule has 29 heteroatoms. The first-order valence-electron chi connectivity index (χ1n) is 30.8. The number of ketones is 1. The first kappa shape index (κ1) is 67.8. The lowest BCUT2D eigenvalue weighted by Gasteiger charge is -2.35. The predicted molar refractivity (Wildman–Crippen MR) is 332 cm³/mol. The van der Waals surface area contributed by atoms with E-state index in [-0.39, 0.29) is 159 Å². The molecule has 3 amide bonds. The molecule has 1 saturated carbocycles. The van der Waals surface area contributed by atoms with Crippen LogP contribution in [0.5, 0.6) is 17.2 Å². The molecule has 4 aromatic rings. The number of nitrogens with one attached hydrogen (secondary N) is 2. The van der Waals surface area contributed by atoms with E-state index in [1.165, 1.54) is 11.3 Å². The Bertz CT molecular complexity index is 3120. The minimum absolute atomic E-state index is 0.0347. The van der Waals surface area contributed by atoms with E-state index in [0.29, 0.717) is 103 Å². The summed E-state index contributed by atoms with van der Waals surface area (Å²) in [5.41, 5.74) is 14.9. The van der Waals surface area contributed by atoms with Crippen LogP contribution < -0.4 is 36.3 Å². The zero-order chi connectivity index (χ0) is 64.1. The minimum atomic E-state index is -1.07. The third-order valence-electron chi connectivity index (χ3n) is 16.7. The highest BCUT2D eigenvalue weighted by Crippen LogP contribution is 2.47. The van der Waals surface area contributed by atoms with E-state index in [2.05, 4.69) is 20.6 Å². The number of fused-ring (bicyclic) bond motifs is 3. The smallest absolute Gasteiger partial charge is 0.317 e. The van der Waals surface area contributed by atoms with Gasteiger partial charge in [-0.3, -0.25) is 68.5 Å². The van der Waals surface area contributed by atoms with Crippen molar-refractivity contribution in [2.75, 3.05) is 132 Å². The number of aliphatic carboxylic acids is 3. The van der Waals surface area contributed by atoms with Gasteiger partial charge in [-0.05, 0) is 74.6 Å². The first-order valence-corrected chi connectivity index (χ1v) is 31.6. The van der Waals surface area contributed by atoms with Crippen LogP contribution in [0.4, 0.5) is 0 Å². The number of ether oxygens (including phenoxy) is 3. The summed E-state index contributed by atoms with van der Waals surface area (Å²) < 4.78 is 20.3. The number of pyridine rings is 1. The summed E-state index contributed by atoms with van der Waals surface area (Å²) in [5, 5.41) is 42.6. The molecule has 8 rings (SSSR count). The summed E-state index contributed by atoms with van der Waals surface area (Å²) >= 11 is 1.50. The number of aliphatic imine (C=N–C) groups is 1. The molecule has 1 unspecified atom stereocenters. The maximum atomic E-state index is 14.5. The number of thiophene rings is 1. The standard InChI is InChI=1S/C61H84N14O14S/c1-87-49-33-50-47(57-48(40-89-50)56(68-75(57)52-10-4-30-90-52)60(86)74-18-6-17-73(27-28-74)59(85)42-7-2-8-42)32-46(49)43-31-45(35-64-34-43)88-29-5-15-66-58(84)41(9-3-14-67-61(62)63)11-12-44(77)13-16-65-51(39-76)72-25-23-70(37-54(80)81)21-19-69(36-53(78)79)20-22-71(24-26-72)38-55(82)83/h4,10,30-35,39,41-42,51,65H,2-3,5-9,11-29,36-38,40H2,1H3,(H,66,84)(H,78,79)(H,80,81)(H,82,83)(H4,62,63,67)/t41-,51?/m0/s1. The molecule has 1 aliphatic carbocycles. The van der Waals surface area contributed by atoms with Crippen LogP contribution in [0.3, 0.4) is 0 Å². The summed E-state index contributed by atoms with van der Waals surface area (Å²) in [6.07, 6.45) is 8.34. The Kier molecular flexibility index (Phi) is 25.4. The van der Waals surface area contributed by atoms with Crippen molar-refractivity contribution in [3.05, 3.63) is 59.4 Å². The number of nitrogens with two attached hydrogens (primary N) is 2. The van der Waals surface area contributed by atoms with Gasteiger partial charge >= 0.3 is 17.9 Å². The quantitative estimate of drug-likeness (QED) is 0.0170. The SMILES string of the molecule is COc1cc2c(cc1-c1cncc(OCCCNC(=O)[C@@H](CCCN=C(N)N)CCC(=O)CCNC(C=O)N3CCN(CC(=O)O)CCN(CC(=O)O)CCN(CC(=O)O)CC3)c1)-c1c(c(C(=O)N3CCCN(C(=O)C4CCC4)CC3)nn1-c1cccs1)CO2. The van der Waals surface area contributed by atoms with Crippen LogP contribution in [-0.4, -0.2) is 251 Å². The molecule has 0 radical (unpaired) electrons. The Labute approximate surface area is 526 Å². The number of carbonyl (C=O) groups is 8. The van der Waals surface area contributed by atoms with Gasteiger partial charge in [0.1, 0.15) is 40.8 Å². The van der Waals surface area contributed by atoms with Crippen molar-refractivity contribution in [2.24, 2.45) is 28.3 Å². The van der Waals surface area contributed by atoms with Crippen LogP contribution in [0.15, 0.2) is 53.1 Å². The average molecular weight is 1270 g/mol. The van der Waals surface area contributed by atoms with E-state index in [0.717, 1.165) is 30.0 Å². The van der Waals surface area contributed by atoms with Gasteiger partial charge < -0.3 is 60.9 Å². The van der Waals surface area contributed by atoms with E-state index in [4.69, 9.17) is 30.8 Å². The second kappa shape index (κ2) is 33.7. The molecule has 0 spiro atoms. The number of nitrogens with zero attached hydrogens (tertiary/aromatic N) is 10. The highest BCUT2D eigenvalue weighted by atomic mass is 32.1. The van der Waals surface area contributed by atoms with Crippen LogP contribution in [0.2, 0.25) is 0 Å². The van der Waals surface area contributed by atoms with Gasteiger partial charge in [0.2, 0.25) is 11.8 Å². The summed E-state index contributed by atoms with van der Waals surface area (Å²) in [7, 11) is 1.57. The van der Waals surface area contributed by atoms with E-state index in [9.17, 15) is 53.7 Å². The number of carboxylic acids is 3. The number of amides is 3. The highest BCUT2D eigenvalue weighted by molar-refractivity contribution is 7.12. The van der Waals surface area contributed by atoms with Gasteiger partial charge in [-0.1, -0.05) is 6.42 Å². The number of carboxylic acid groups (broad SMARTS) is 3. The predicted octanol–water partition coefficient (Wildman–Crippen LogP) is 1.92. The zero-order valence-corrected chi connectivity index (χ0v) is 51.8. The topological polar surface area (TPSA) is 364 Å². The van der Waals surface area contributed by atoms with Gasteiger partial charge in [-0.15, -0.1) is 11.3 Å². The van der Waals surface area contributed by atoms with Crippen molar-refractivity contribution in [1.82, 2.24) is 54.8 Å². The molecule has 0 bridgehead atoms. The molecular formula is C61H84N14O14S. The average Bonchev–Trinajstić information content (AvgIpc) is 1.54. The number of Topliss-reactive ketones (excluding diaryl/α,β-unsaturated/α-hetero) is 1. The summed E-state index contributed by atoms with van der Waals surface area (Å²) in [4.78, 5) is 121. The third kappa shape index (κ3) is 19.2. The lowest BCUT2D eigenvalue weighted by Crippen LogP contribution is -2.54. The molecule has 3 aliphatic heterocycles. The van der Waals surface area contributed by atoms with Crippen molar-refractivity contribution < 1.29 is 67.9 Å². The Morgan fingerprint density at radius 2 is 1.48 bits per heavy atom. The number of hydrogen-bond donors (Lipinski definition) is 7. The van der Waals surface area contributed by atoms with Gasteiger partial charge in [0.25, 0.3) is 5.91 Å². The largest absolute Gasteiger partial charge is 0.496 e. The van der Waals surface area contributed by atoms with Gasteiger partial charge in [-0.2, -0.15) is 5.10 Å². The summed E-state index contributed by atoms with van der Waals surface area (Å²) in [6.45, 7) is 3.78. The summed E-state index contributed by atoms with van der Waals surface area (Å²) in [5.74, 6) is -2.62. The first-order chi connectivity index (χ1) is 43.5. The molecule has 4 aliphatic rings. The van der Waals surface area contributed by atoms with Gasteiger partial charge in [0.15, 0.2) is 17.9 Å². The second-order valence-electron chi connectivity index (χ2n) is 22.9. The number of hydrogen-bond acceptors (Lipinski definition) is 20. The lowest BCUT2D eigenvalue weighted by atomic mass is 9.84. The third-order valence-corrected chi connectivity index (χ3v) is 17.5. The van der Waals surface area contributed by atoms with Gasteiger partial charge in [0.05, 0.1) is 45.2 Å². The van der Waals surface area contributed by atoms with Crippen molar-refractivity contribution >= 4 is 65.0 Å². The molecule has 6 heterocycles. The molecular weight excluding hydrogens is 1180 g/mol. The highest BCUT2D eigenvalue weighted by Gasteiger charge is 2.36. The molecule has 2 saturated heterocycles.